The molecule has 0 saturated carbocycles. The molecule has 0 fully saturated rings. The van der Waals surface area contributed by atoms with Gasteiger partial charge in [0.15, 0.2) is 5.82 Å². The fourth-order valence-corrected chi connectivity index (χ4v) is 2.32. The van der Waals surface area contributed by atoms with Gasteiger partial charge in [-0.2, -0.15) is 14.9 Å². The highest BCUT2D eigenvalue weighted by molar-refractivity contribution is 6.30. The Morgan fingerprint density at radius 2 is 1.96 bits per heavy atom. The smallest absolute Gasteiger partial charge is 0.343 e. The highest BCUT2D eigenvalue weighted by Gasteiger charge is 2.18. The molecular formula is C16H13ClN4O3. The summed E-state index contributed by atoms with van der Waals surface area (Å²) in [4.78, 5) is 24.5. The van der Waals surface area contributed by atoms with E-state index in [0.717, 1.165) is 4.68 Å². The van der Waals surface area contributed by atoms with Gasteiger partial charge in [-0.25, -0.2) is 4.79 Å². The number of benzene rings is 1. The van der Waals surface area contributed by atoms with Crippen molar-refractivity contribution in [2.24, 2.45) is 0 Å². The molecule has 3 aromatic rings. The number of nitrogens with one attached hydrogen (secondary N) is 1. The summed E-state index contributed by atoms with van der Waals surface area (Å²) < 4.78 is 5.79. The first-order chi connectivity index (χ1) is 11.5. The van der Waals surface area contributed by atoms with Gasteiger partial charge in [-0.3, -0.25) is 9.89 Å². The molecule has 0 aliphatic rings. The first-order valence-corrected chi connectivity index (χ1v) is 7.38. The van der Waals surface area contributed by atoms with E-state index in [1.807, 2.05) is 0 Å². The third-order valence-electron chi connectivity index (χ3n) is 3.38. The number of carbonyl (C=O) groups is 1. The molecule has 0 aliphatic carbocycles. The fraction of sp³-hybridized carbons (Fsp3) is 0.125. The first kappa shape index (κ1) is 15.9. The number of aryl methyl sites for hydroxylation is 1. The minimum absolute atomic E-state index is 0.121. The van der Waals surface area contributed by atoms with E-state index in [4.69, 9.17) is 16.3 Å². The molecule has 0 radical (unpaired) electrons. The lowest BCUT2D eigenvalue weighted by atomic mass is 10.1. The molecule has 24 heavy (non-hydrogen) atoms. The number of rotatable bonds is 3. The average molecular weight is 345 g/mol. The maximum absolute atomic E-state index is 12.5. The second-order valence-corrected chi connectivity index (χ2v) is 5.49. The molecule has 2 aromatic heterocycles. The van der Waals surface area contributed by atoms with Gasteiger partial charge in [0.25, 0.3) is 5.56 Å². The van der Waals surface area contributed by atoms with Crippen LogP contribution in [0.4, 0.5) is 0 Å². The van der Waals surface area contributed by atoms with Gasteiger partial charge in [0, 0.05) is 16.7 Å². The minimum atomic E-state index is -0.734. The molecular weight excluding hydrogens is 332 g/mol. The summed E-state index contributed by atoms with van der Waals surface area (Å²) >= 11 is 5.90. The van der Waals surface area contributed by atoms with Gasteiger partial charge in [0.05, 0.1) is 18.5 Å². The standard InChI is InChI=1S/C16H13ClN4O3/c1-9-7-14(19-18-9)21-15(22)12(16(23)24-2)8-13(20-21)10-3-5-11(17)6-4-10/h3-8H,1-2H3,(H,18,19). The van der Waals surface area contributed by atoms with Crippen LogP contribution < -0.4 is 5.56 Å². The van der Waals surface area contributed by atoms with Crippen LogP contribution in [0.1, 0.15) is 16.1 Å². The molecule has 7 nitrogen and oxygen atoms in total. The Balaban J connectivity index is 2.25. The van der Waals surface area contributed by atoms with E-state index in [-0.39, 0.29) is 5.56 Å². The molecule has 0 bridgehead atoms. The highest BCUT2D eigenvalue weighted by Crippen LogP contribution is 2.20. The predicted molar refractivity (Wildman–Crippen MR) is 88.5 cm³/mol. The summed E-state index contributed by atoms with van der Waals surface area (Å²) in [5.41, 5.74) is 1.11. The molecule has 8 heteroatoms. The van der Waals surface area contributed by atoms with Gasteiger partial charge in [0.2, 0.25) is 0 Å². The van der Waals surface area contributed by atoms with Crippen LogP contribution in [0.3, 0.4) is 0 Å². The Labute approximate surface area is 141 Å². The Kier molecular flexibility index (Phi) is 4.18. The van der Waals surface area contributed by atoms with Crippen molar-refractivity contribution in [3.63, 3.8) is 0 Å². The van der Waals surface area contributed by atoms with E-state index in [2.05, 4.69) is 15.3 Å². The Morgan fingerprint density at radius 3 is 2.54 bits per heavy atom. The number of halogens is 1. The van der Waals surface area contributed by atoms with Gasteiger partial charge >= 0.3 is 5.97 Å². The summed E-state index contributed by atoms with van der Waals surface area (Å²) in [5, 5.41) is 11.6. The Bertz CT molecular complexity index is 960. The summed E-state index contributed by atoms with van der Waals surface area (Å²) in [7, 11) is 1.22. The van der Waals surface area contributed by atoms with Crippen LogP contribution in [0.25, 0.3) is 17.1 Å². The highest BCUT2D eigenvalue weighted by atomic mass is 35.5. The van der Waals surface area contributed by atoms with E-state index < -0.39 is 11.5 Å². The molecule has 0 spiro atoms. The zero-order valence-corrected chi connectivity index (χ0v) is 13.7. The second-order valence-electron chi connectivity index (χ2n) is 5.05. The van der Waals surface area contributed by atoms with Crippen LogP contribution in [0.2, 0.25) is 5.02 Å². The lowest BCUT2D eigenvalue weighted by molar-refractivity contribution is 0.0598. The van der Waals surface area contributed by atoms with E-state index in [1.54, 1.807) is 37.3 Å². The van der Waals surface area contributed by atoms with Crippen molar-refractivity contribution in [1.29, 1.82) is 0 Å². The molecule has 0 amide bonds. The topological polar surface area (TPSA) is 89.9 Å². The van der Waals surface area contributed by atoms with Gasteiger partial charge in [-0.1, -0.05) is 23.7 Å². The fourth-order valence-electron chi connectivity index (χ4n) is 2.19. The molecule has 1 aromatic carbocycles. The number of hydrogen-bond acceptors (Lipinski definition) is 5. The van der Waals surface area contributed by atoms with Crippen molar-refractivity contribution in [2.75, 3.05) is 7.11 Å². The van der Waals surface area contributed by atoms with Crippen molar-refractivity contribution in [2.45, 2.75) is 6.92 Å². The molecule has 0 unspecified atom stereocenters. The number of esters is 1. The van der Waals surface area contributed by atoms with Crippen LogP contribution in [0.15, 0.2) is 41.2 Å². The van der Waals surface area contributed by atoms with Gasteiger partial charge in [-0.05, 0) is 25.1 Å². The zero-order chi connectivity index (χ0) is 17.3. The number of aromatic amines is 1. The maximum atomic E-state index is 12.5. The third kappa shape index (κ3) is 2.93. The number of hydrogen-bond donors (Lipinski definition) is 1. The number of methoxy groups -OCH3 is 1. The maximum Gasteiger partial charge on any atom is 0.343 e. The lowest BCUT2D eigenvalue weighted by Gasteiger charge is -2.08. The van der Waals surface area contributed by atoms with Gasteiger partial charge in [-0.15, -0.1) is 0 Å². The predicted octanol–water partition coefficient (Wildman–Crippen LogP) is 2.37. The van der Waals surface area contributed by atoms with Crippen LogP contribution in [-0.2, 0) is 4.74 Å². The molecule has 122 valence electrons. The molecule has 0 atom stereocenters. The summed E-state index contributed by atoms with van der Waals surface area (Å²) in [6, 6.07) is 9.95. The van der Waals surface area contributed by atoms with Crippen molar-refractivity contribution in [1.82, 2.24) is 20.0 Å². The monoisotopic (exact) mass is 344 g/mol. The normalized spacial score (nSPS) is 10.6. The number of nitrogens with zero attached hydrogens (tertiary/aromatic N) is 3. The van der Waals surface area contributed by atoms with Crippen molar-refractivity contribution in [3.05, 3.63) is 63.0 Å². The lowest BCUT2D eigenvalue weighted by Crippen LogP contribution is -2.28. The van der Waals surface area contributed by atoms with E-state index in [9.17, 15) is 9.59 Å². The van der Waals surface area contributed by atoms with Crippen molar-refractivity contribution < 1.29 is 9.53 Å². The third-order valence-corrected chi connectivity index (χ3v) is 3.63. The van der Waals surface area contributed by atoms with Crippen molar-refractivity contribution >= 4 is 17.6 Å². The average Bonchev–Trinajstić information content (AvgIpc) is 3.01. The molecule has 1 N–H and O–H groups in total. The Morgan fingerprint density at radius 1 is 1.25 bits per heavy atom. The first-order valence-electron chi connectivity index (χ1n) is 7.00. The quantitative estimate of drug-likeness (QED) is 0.737. The van der Waals surface area contributed by atoms with Gasteiger partial charge in [0.1, 0.15) is 5.56 Å². The number of H-pyrrole nitrogens is 1. The number of ether oxygens (including phenoxy) is 1. The van der Waals surface area contributed by atoms with Crippen LogP contribution in [-0.4, -0.2) is 33.1 Å². The van der Waals surface area contributed by atoms with Crippen molar-refractivity contribution in [3.8, 4) is 17.1 Å². The molecule has 3 rings (SSSR count). The molecule has 2 heterocycles. The van der Waals surface area contributed by atoms with E-state index in [0.29, 0.717) is 27.8 Å². The second kappa shape index (κ2) is 6.29. The van der Waals surface area contributed by atoms with Crippen LogP contribution in [0, 0.1) is 6.92 Å². The number of carbonyl (C=O) groups excluding carboxylic acids is 1. The molecule has 0 saturated heterocycles. The van der Waals surface area contributed by atoms with E-state index >= 15 is 0 Å². The summed E-state index contributed by atoms with van der Waals surface area (Å²) in [6.45, 7) is 1.77. The summed E-state index contributed by atoms with van der Waals surface area (Å²) in [5.74, 6) is -0.374. The minimum Gasteiger partial charge on any atom is -0.465 e. The van der Waals surface area contributed by atoms with Crippen LogP contribution in [0.5, 0.6) is 0 Å². The van der Waals surface area contributed by atoms with Gasteiger partial charge < -0.3 is 4.74 Å². The van der Waals surface area contributed by atoms with E-state index in [1.165, 1.54) is 13.2 Å². The SMILES string of the molecule is COC(=O)c1cc(-c2ccc(Cl)cc2)nn(-c2cc(C)n[nH]2)c1=O. The largest absolute Gasteiger partial charge is 0.465 e. The van der Waals surface area contributed by atoms with Crippen LogP contribution >= 0.6 is 11.6 Å². The Hall–Kier alpha value is -2.93. The zero-order valence-electron chi connectivity index (χ0n) is 12.9. The summed E-state index contributed by atoms with van der Waals surface area (Å²) in [6.07, 6.45) is 0. The molecule has 0 aliphatic heterocycles. The number of aromatic nitrogens is 4.